The van der Waals surface area contributed by atoms with Crippen LogP contribution in [-0.4, -0.2) is 46.8 Å². The molecule has 1 unspecified atom stereocenters. The smallest absolute Gasteiger partial charge is 0.246 e. The highest BCUT2D eigenvalue weighted by molar-refractivity contribution is 5.94. The van der Waals surface area contributed by atoms with E-state index >= 15 is 0 Å². The normalized spacial score (nSPS) is 23.2. The molecule has 2 fully saturated rings. The van der Waals surface area contributed by atoms with E-state index in [1.54, 1.807) is 4.90 Å². The van der Waals surface area contributed by atoms with Gasteiger partial charge in [0, 0.05) is 6.04 Å². The molecule has 2 aliphatic heterocycles. The van der Waals surface area contributed by atoms with Crippen LogP contribution in [0.1, 0.15) is 56.2 Å². The van der Waals surface area contributed by atoms with Crippen molar-refractivity contribution >= 4 is 17.7 Å². The van der Waals surface area contributed by atoms with Crippen molar-refractivity contribution in [1.82, 2.24) is 15.5 Å². The predicted octanol–water partition coefficient (Wildman–Crippen LogP) is 2.27. The third-order valence-corrected chi connectivity index (χ3v) is 6.79. The van der Waals surface area contributed by atoms with Gasteiger partial charge in [-0.15, -0.1) is 0 Å². The Morgan fingerprint density at radius 1 is 0.970 bits per heavy atom. The number of rotatable bonds is 7. The van der Waals surface area contributed by atoms with Gasteiger partial charge in [0.15, 0.2) is 0 Å². The van der Waals surface area contributed by atoms with Crippen LogP contribution in [0.3, 0.4) is 0 Å². The van der Waals surface area contributed by atoms with Gasteiger partial charge in [-0.2, -0.15) is 0 Å². The average molecular weight is 449 g/mol. The molecule has 0 spiro atoms. The van der Waals surface area contributed by atoms with Gasteiger partial charge >= 0.3 is 0 Å². The van der Waals surface area contributed by atoms with Crippen LogP contribution in [0.2, 0.25) is 0 Å². The molecule has 0 aliphatic carbocycles. The molecule has 2 aliphatic rings. The third-order valence-electron chi connectivity index (χ3n) is 6.79. The lowest BCUT2D eigenvalue weighted by atomic mass is 9.97. The minimum atomic E-state index is -0.634. The van der Waals surface area contributed by atoms with Gasteiger partial charge in [0.1, 0.15) is 12.1 Å². The molecule has 2 heterocycles. The predicted molar refractivity (Wildman–Crippen MR) is 126 cm³/mol. The molecule has 2 aromatic carbocycles. The van der Waals surface area contributed by atoms with Gasteiger partial charge in [-0.1, -0.05) is 67.6 Å². The maximum Gasteiger partial charge on any atom is 0.246 e. The van der Waals surface area contributed by atoms with E-state index in [1.165, 1.54) is 0 Å². The van der Waals surface area contributed by atoms with E-state index < -0.39 is 18.1 Å². The summed E-state index contributed by atoms with van der Waals surface area (Å²) >= 11 is 0. The third kappa shape index (κ3) is 4.93. The first kappa shape index (κ1) is 23.0. The van der Waals surface area contributed by atoms with Crippen LogP contribution < -0.4 is 16.4 Å². The second kappa shape index (κ2) is 10.2. The summed E-state index contributed by atoms with van der Waals surface area (Å²) < 4.78 is 0. The number of benzene rings is 2. The number of amides is 3. The van der Waals surface area contributed by atoms with Crippen LogP contribution in [0.4, 0.5) is 0 Å². The van der Waals surface area contributed by atoms with E-state index in [1.807, 2.05) is 67.6 Å². The molecule has 4 N–H and O–H groups in total. The molecule has 0 aromatic heterocycles. The van der Waals surface area contributed by atoms with Gasteiger partial charge in [0.05, 0.1) is 12.1 Å². The molecule has 7 heteroatoms. The van der Waals surface area contributed by atoms with Crippen molar-refractivity contribution in [2.45, 2.75) is 69.2 Å². The number of fused-ring (bicyclic) bond motifs is 1. The Balaban J connectivity index is 1.51. The molecule has 7 nitrogen and oxygen atoms in total. The average Bonchev–Trinajstić information content (AvgIpc) is 3.29. The summed E-state index contributed by atoms with van der Waals surface area (Å²) in [6, 6.07) is 17.6. The minimum absolute atomic E-state index is 0.0353. The number of piperidine rings is 1. The summed E-state index contributed by atoms with van der Waals surface area (Å²) in [6.07, 6.45) is 3.26. The molecule has 0 bridgehead atoms. The van der Waals surface area contributed by atoms with Crippen LogP contribution in [0.15, 0.2) is 60.7 Å². The number of nitrogens with two attached hydrogens (primary N) is 1. The molecule has 3 amide bonds. The highest BCUT2D eigenvalue weighted by atomic mass is 16.2. The molecule has 0 radical (unpaired) electrons. The van der Waals surface area contributed by atoms with Crippen LogP contribution >= 0.6 is 0 Å². The molecule has 0 saturated carbocycles. The highest BCUT2D eigenvalue weighted by Gasteiger charge is 2.46. The Morgan fingerprint density at radius 3 is 2.12 bits per heavy atom. The summed E-state index contributed by atoms with van der Waals surface area (Å²) in [5, 5.41) is 5.98. The molecule has 33 heavy (non-hydrogen) atoms. The monoisotopic (exact) mass is 448 g/mol. The quantitative estimate of drug-likeness (QED) is 0.604. The number of carbonyl (C=O) groups excluding carboxylic acids is 3. The second-order valence-electron chi connectivity index (χ2n) is 8.91. The van der Waals surface area contributed by atoms with Crippen LogP contribution in [-0.2, 0) is 14.4 Å². The van der Waals surface area contributed by atoms with Gasteiger partial charge < -0.3 is 21.3 Å². The molecule has 2 aromatic rings. The zero-order valence-electron chi connectivity index (χ0n) is 18.9. The number of nitrogens with zero attached hydrogens (tertiary/aromatic N) is 1. The Morgan fingerprint density at radius 2 is 1.55 bits per heavy atom. The van der Waals surface area contributed by atoms with Gasteiger partial charge in [-0.05, 0) is 43.2 Å². The van der Waals surface area contributed by atoms with Gasteiger partial charge in [-0.25, -0.2) is 0 Å². The van der Waals surface area contributed by atoms with Crippen molar-refractivity contribution in [3.63, 3.8) is 0 Å². The summed E-state index contributed by atoms with van der Waals surface area (Å²) in [5.74, 6) is -0.667. The Kier molecular flexibility index (Phi) is 7.08. The van der Waals surface area contributed by atoms with E-state index in [2.05, 4.69) is 10.6 Å². The zero-order chi connectivity index (χ0) is 23.4. The minimum Gasteiger partial charge on any atom is -0.343 e. The maximum atomic E-state index is 13.5. The summed E-state index contributed by atoms with van der Waals surface area (Å²) in [7, 11) is 0. The standard InChI is InChI=1S/C26H32N4O3/c1-2-20(27)24(31)28-21-15-13-19-14-16-22(30(19)26(21)33)25(32)29-23(17-9-5-3-6-10-17)18-11-7-4-8-12-18/h3-12,19-23H,2,13-16,27H2,1H3,(H,28,31)(H,29,32)/t19-,20?,21-,22-/m0/s1. The van der Waals surface area contributed by atoms with Crippen molar-refractivity contribution < 1.29 is 14.4 Å². The molecule has 2 saturated heterocycles. The summed E-state index contributed by atoms with van der Waals surface area (Å²) in [4.78, 5) is 40.7. The van der Waals surface area contributed by atoms with E-state index in [4.69, 9.17) is 5.73 Å². The van der Waals surface area contributed by atoms with Gasteiger partial charge in [-0.3, -0.25) is 14.4 Å². The molecular weight excluding hydrogens is 416 g/mol. The van der Waals surface area contributed by atoms with E-state index in [0.29, 0.717) is 19.3 Å². The lowest BCUT2D eigenvalue weighted by Gasteiger charge is -2.38. The first-order chi connectivity index (χ1) is 16.0. The van der Waals surface area contributed by atoms with Crippen molar-refractivity contribution in [2.24, 2.45) is 5.73 Å². The fraction of sp³-hybridized carbons (Fsp3) is 0.423. The van der Waals surface area contributed by atoms with Crippen molar-refractivity contribution in [1.29, 1.82) is 0 Å². The van der Waals surface area contributed by atoms with Crippen molar-refractivity contribution in [2.75, 3.05) is 0 Å². The molecule has 174 valence electrons. The SMILES string of the molecule is CCC(N)C(=O)N[C@H]1CC[C@H]2CC[C@@H](C(=O)NC(c3ccccc3)c3ccccc3)N2C1=O. The fourth-order valence-corrected chi connectivity index (χ4v) is 4.91. The topological polar surface area (TPSA) is 105 Å². The lowest BCUT2D eigenvalue weighted by Crippen LogP contribution is -2.60. The van der Waals surface area contributed by atoms with Crippen molar-refractivity contribution in [3.8, 4) is 0 Å². The first-order valence-electron chi connectivity index (χ1n) is 11.8. The Hall–Kier alpha value is -3.19. The number of nitrogens with one attached hydrogen (secondary N) is 2. The van der Waals surface area contributed by atoms with Gasteiger partial charge in [0.25, 0.3) is 0 Å². The highest BCUT2D eigenvalue weighted by Crippen LogP contribution is 2.33. The Bertz CT molecular complexity index is 942. The number of carbonyl (C=O) groups is 3. The van der Waals surface area contributed by atoms with E-state index in [0.717, 1.165) is 24.0 Å². The molecular formula is C26H32N4O3. The maximum absolute atomic E-state index is 13.5. The van der Waals surface area contributed by atoms with Crippen LogP contribution in [0.5, 0.6) is 0 Å². The van der Waals surface area contributed by atoms with Crippen LogP contribution in [0.25, 0.3) is 0 Å². The second-order valence-corrected chi connectivity index (χ2v) is 8.91. The van der Waals surface area contributed by atoms with E-state index in [-0.39, 0.29) is 29.8 Å². The van der Waals surface area contributed by atoms with E-state index in [9.17, 15) is 14.4 Å². The Labute approximate surface area is 194 Å². The fourth-order valence-electron chi connectivity index (χ4n) is 4.91. The summed E-state index contributed by atoms with van der Waals surface area (Å²) in [5.41, 5.74) is 7.79. The first-order valence-corrected chi connectivity index (χ1v) is 11.8. The number of hydrogen-bond acceptors (Lipinski definition) is 4. The van der Waals surface area contributed by atoms with Gasteiger partial charge in [0.2, 0.25) is 17.7 Å². The summed E-state index contributed by atoms with van der Waals surface area (Å²) in [6.45, 7) is 1.83. The molecule has 4 rings (SSSR count). The zero-order valence-corrected chi connectivity index (χ0v) is 18.9. The number of hydrogen-bond donors (Lipinski definition) is 3. The van der Waals surface area contributed by atoms with Crippen molar-refractivity contribution in [3.05, 3.63) is 71.8 Å². The molecule has 4 atom stereocenters. The van der Waals surface area contributed by atoms with Crippen LogP contribution in [0, 0.1) is 0 Å². The lowest BCUT2D eigenvalue weighted by molar-refractivity contribution is -0.146. The largest absolute Gasteiger partial charge is 0.343 e.